The van der Waals surface area contributed by atoms with Crippen molar-refractivity contribution in [1.82, 2.24) is 10.2 Å². The SMILES string of the molecule is CC1(O)CC(Nc2nnc(-c3ccc(C=C(F)F)cc3O)c3ccccc23)C1. The summed E-state index contributed by atoms with van der Waals surface area (Å²) < 4.78 is 24.9. The molecule has 0 radical (unpaired) electrons. The molecule has 2 aromatic carbocycles. The van der Waals surface area contributed by atoms with Crippen LogP contribution in [0.4, 0.5) is 14.6 Å². The first-order valence-corrected chi connectivity index (χ1v) is 8.93. The van der Waals surface area contributed by atoms with E-state index in [0.717, 1.165) is 10.8 Å². The van der Waals surface area contributed by atoms with Gasteiger partial charge < -0.3 is 15.5 Å². The van der Waals surface area contributed by atoms with Crippen molar-refractivity contribution in [2.45, 2.75) is 31.4 Å². The van der Waals surface area contributed by atoms with E-state index in [0.29, 0.717) is 36.0 Å². The maximum absolute atomic E-state index is 12.4. The predicted molar refractivity (Wildman–Crippen MR) is 104 cm³/mol. The molecular weight excluding hydrogens is 364 g/mol. The van der Waals surface area contributed by atoms with Crippen LogP contribution in [0.15, 0.2) is 48.5 Å². The van der Waals surface area contributed by atoms with Crippen molar-refractivity contribution in [2.75, 3.05) is 5.32 Å². The lowest BCUT2D eigenvalue weighted by Gasteiger charge is -2.41. The molecule has 3 N–H and O–H groups in total. The van der Waals surface area contributed by atoms with Gasteiger partial charge in [-0.15, -0.1) is 10.2 Å². The van der Waals surface area contributed by atoms with E-state index in [1.165, 1.54) is 12.1 Å². The molecule has 144 valence electrons. The summed E-state index contributed by atoms with van der Waals surface area (Å²) in [5, 5.41) is 33.8. The number of hydrogen-bond donors (Lipinski definition) is 3. The van der Waals surface area contributed by atoms with Crippen LogP contribution in [0.5, 0.6) is 5.75 Å². The van der Waals surface area contributed by atoms with Crippen LogP contribution in [-0.2, 0) is 0 Å². The van der Waals surface area contributed by atoms with Gasteiger partial charge in [-0.1, -0.05) is 30.3 Å². The van der Waals surface area contributed by atoms with Gasteiger partial charge >= 0.3 is 0 Å². The Bertz CT molecular complexity index is 1070. The van der Waals surface area contributed by atoms with Gasteiger partial charge in [0.2, 0.25) is 0 Å². The molecule has 0 saturated heterocycles. The average Bonchev–Trinajstić information content (AvgIpc) is 2.60. The zero-order chi connectivity index (χ0) is 19.9. The number of aromatic hydroxyl groups is 1. The van der Waals surface area contributed by atoms with Gasteiger partial charge in [0.05, 0.1) is 5.60 Å². The van der Waals surface area contributed by atoms with E-state index in [1.54, 1.807) is 13.0 Å². The normalized spacial score (nSPS) is 21.2. The monoisotopic (exact) mass is 383 g/mol. The smallest absolute Gasteiger partial charge is 0.270 e. The molecule has 1 aromatic heterocycles. The summed E-state index contributed by atoms with van der Waals surface area (Å²) >= 11 is 0. The summed E-state index contributed by atoms with van der Waals surface area (Å²) in [4.78, 5) is 0. The highest BCUT2D eigenvalue weighted by atomic mass is 19.3. The number of rotatable bonds is 4. The fraction of sp³-hybridized carbons (Fsp3) is 0.238. The van der Waals surface area contributed by atoms with Gasteiger partial charge in [-0.05, 0) is 37.5 Å². The van der Waals surface area contributed by atoms with E-state index in [4.69, 9.17) is 0 Å². The summed E-state index contributed by atoms with van der Waals surface area (Å²) in [5.41, 5.74) is 0.435. The molecule has 7 heteroatoms. The van der Waals surface area contributed by atoms with E-state index in [-0.39, 0.29) is 17.4 Å². The van der Waals surface area contributed by atoms with Gasteiger partial charge in [-0.2, -0.15) is 8.78 Å². The highest BCUT2D eigenvalue weighted by molar-refractivity contribution is 6.01. The van der Waals surface area contributed by atoms with Crippen LogP contribution in [0.3, 0.4) is 0 Å². The van der Waals surface area contributed by atoms with Crippen molar-refractivity contribution >= 4 is 22.7 Å². The van der Waals surface area contributed by atoms with Crippen LogP contribution in [0.2, 0.25) is 0 Å². The second-order valence-electron chi connectivity index (χ2n) is 7.40. The van der Waals surface area contributed by atoms with E-state index in [1.807, 2.05) is 24.3 Å². The minimum Gasteiger partial charge on any atom is -0.507 e. The van der Waals surface area contributed by atoms with Gasteiger partial charge in [0.1, 0.15) is 11.4 Å². The van der Waals surface area contributed by atoms with Crippen molar-refractivity contribution in [3.63, 3.8) is 0 Å². The number of phenols is 1. The van der Waals surface area contributed by atoms with Gasteiger partial charge in [-0.3, -0.25) is 0 Å². The van der Waals surface area contributed by atoms with Gasteiger partial charge in [0.15, 0.2) is 5.82 Å². The number of aliphatic hydroxyl groups is 1. The second-order valence-corrected chi connectivity index (χ2v) is 7.40. The Balaban J connectivity index is 1.73. The zero-order valence-electron chi connectivity index (χ0n) is 15.2. The largest absolute Gasteiger partial charge is 0.507 e. The Morgan fingerprint density at radius 1 is 1.14 bits per heavy atom. The number of aromatic nitrogens is 2. The maximum atomic E-state index is 12.4. The highest BCUT2D eigenvalue weighted by Crippen LogP contribution is 2.38. The molecule has 3 aromatic rings. The quantitative estimate of drug-likeness (QED) is 0.615. The van der Waals surface area contributed by atoms with Gasteiger partial charge in [0.25, 0.3) is 6.08 Å². The summed E-state index contributed by atoms with van der Waals surface area (Å²) in [7, 11) is 0. The molecule has 0 amide bonds. The van der Waals surface area contributed by atoms with Crippen molar-refractivity contribution < 1.29 is 19.0 Å². The molecule has 0 aliphatic heterocycles. The number of benzene rings is 2. The molecule has 1 heterocycles. The van der Waals surface area contributed by atoms with E-state index >= 15 is 0 Å². The third kappa shape index (κ3) is 3.53. The number of hydrogen-bond acceptors (Lipinski definition) is 5. The van der Waals surface area contributed by atoms with Gasteiger partial charge in [-0.25, -0.2) is 0 Å². The Morgan fingerprint density at radius 3 is 2.50 bits per heavy atom. The van der Waals surface area contributed by atoms with E-state index < -0.39 is 11.7 Å². The summed E-state index contributed by atoms with van der Waals surface area (Å²) in [6.07, 6.45) is 0.119. The van der Waals surface area contributed by atoms with Crippen molar-refractivity contribution in [3.05, 3.63) is 54.1 Å². The minimum absolute atomic E-state index is 0.119. The highest BCUT2D eigenvalue weighted by Gasteiger charge is 2.38. The summed E-state index contributed by atoms with van der Waals surface area (Å²) in [5.74, 6) is 0.462. The molecule has 1 aliphatic rings. The fourth-order valence-electron chi connectivity index (χ4n) is 3.67. The molecule has 5 nitrogen and oxygen atoms in total. The number of fused-ring (bicyclic) bond motifs is 1. The zero-order valence-corrected chi connectivity index (χ0v) is 15.2. The first kappa shape index (κ1) is 18.3. The Morgan fingerprint density at radius 2 is 1.86 bits per heavy atom. The second kappa shape index (κ2) is 6.83. The minimum atomic E-state index is -1.83. The molecule has 0 bridgehead atoms. The Hall–Kier alpha value is -3.06. The number of phenolic OH excluding ortho intramolecular Hbond substituents is 1. The molecule has 0 atom stereocenters. The van der Waals surface area contributed by atoms with Crippen molar-refractivity contribution in [2.24, 2.45) is 0 Å². The van der Waals surface area contributed by atoms with Crippen LogP contribution in [0.25, 0.3) is 28.1 Å². The number of nitrogens with zero attached hydrogens (tertiary/aromatic N) is 2. The molecule has 1 fully saturated rings. The number of halogens is 2. The maximum Gasteiger partial charge on any atom is 0.270 e. The van der Waals surface area contributed by atoms with Crippen LogP contribution in [-0.4, -0.2) is 32.1 Å². The fourth-order valence-corrected chi connectivity index (χ4v) is 3.67. The topological polar surface area (TPSA) is 78.3 Å². The Labute approximate surface area is 160 Å². The molecule has 0 spiro atoms. The summed E-state index contributed by atoms with van der Waals surface area (Å²) in [6, 6.07) is 12.0. The first-order valence-electron chi connectivity index (χ1n) is 8.93. The third-order valence-electron chi connectivity index (χ3n) is 4.95. The van der Waals surface area contributed by atoms with Crippen LogP contribution in [0, 0.1) is 0 Å². The van der Waals surface area contributed by atoms with Crippen LogP contribution < -0.4 is 5.32 Å². The lowest BCUT2D eigenvalue weighted by molar-refractivity contribution is -0.0235. The first-order chi connectivity index (χ1) is 13.3. The van der Waals surface area contributed by atoms with E-state index in [9.17, 15) is 19.0 Å². The number of nitrogens with one attached hydrogen (secondary N) is 1. The average molecular weight is 383 g/mol. The lowest BCUT2D eigenvalue weighted by atomic mass is 9.77. The Kier molecular flexibility index (Phi) is 4.47. The van der Waals surface area contributed by atoms with Crippen LogP contribution >= 0.6 is 0 Å². The van der Waals surface area contributed by atoms with Gasteiger partial charge in [0, 0.05) is 28.5 Å². The van der Waals surface area contributed by atoms with E-state index in [2.05, 4.69) is 15.5 Å². The third-order valence-corrected chi connectivity index (χ3v) is 4.95. The lowest BCUT2D eigenvalue weighted by Crippen LogP contribution is -2.48. The van der Waals surface area contributed by atoms with Crippen LogP contribution in [0.1, 0.15) is 25.3 Å². The molecule has 1 aliphatic carbocycles. The molecular formula is C21H19F2N3O2. The molecule has 0 unspecified atom stereocenters. The molecule has 1 saturated carbocycles. The standard InChI is InChI=1S/C21H19F2N3O2/c1-21(28)10-13(11-21)24-20-15-5-3-2-4-14(15)19(25-26-20)16-7-6-12(8-17(16)27)9-18(22)23/h2-9,13,27-28H,10-11H2,1H3,(H,24,26). The summed E-state index contributed by atoms with van der Waals surface area (Å²) in [6.45, 7) is 1.80. The van der Waals surface area contributed by atoms with Crippen molar-refractivity contribution in [1.29, 1.82) is 0 Å². The number of anilines is 1. The molecule has 4 rings (SSSR count). The molecule has 28 heavy (non-hydrogen) atoms. The predicted octanol–water partition coefficient (Wildman–Crippen LogP) is 4.57. The van der Waals surface area contributed by atoms with Crippen molar-refractivity contribution in [3.8, 4) is 17.0 Å².